The lowest BCUT2D eigenvalue weighted by atomic mass is 9.75. The lowest BCUT2D eigenvalue weighted by Crippen LogP contribution is -2.60. The van der Waals surface area contributed by atoms with Gasteiger partial charge in [0.15, 0.2) is 0 Å². The largest absolute Gasteiger partial charge is 0.378 e. The Bertz CT molecular complexity index is 860. The Kier molecular flexibility index (Phi) is 4.35. The first-order chi connectivity index (χ1) is 13.6. The summed E-state index contributed by atoms with van der Waals surface area (Å²) in [5.74, 6) is 1.15. The molecule has 1 amide bonds. The van der Waals surface area contributed by atoms with Crippen LogP contribution >= 0.6 is 0 Å². The van der Waals surface area contributed by atoms with Crippen molar-refractivity contribution in [3.05, 3.63) is 59.9 Å². The first-order valence-corrected chi connectivity index (χ1v) is 10.4. The smallest absolute Gasteiger partial charge is 0.254 e. The number of piperidine rings is 3. The second kappa shape index (κ2) is 6.89. The summed E-state index contributed by atoms with van der Waals surface area (Å²) in [5.41, 5.74) is 3.13. The van der Waals surface area contributed by atoms with Gasteiger partial charge in [-0.1, -0.05) is 12.1 Å². The first-order valence-electron chi connectivity index (χ1n) is 10.4. The minimum atomic E-state index is 0.179. The van der Waals surface area contributed by atoms with E-state index in [0.717, 1.165) is 17.8 Å². The zero-order valence-electron chi connectivity index (χ0n) is 16.7. The van der Waals surface area contributed by atoms with E-state index in [2.05, 4.69) is 31.8 Å². The summed E-state index contributed by atoms with van der Waals surface area (Å²) in [4.78, 5) is 24.8. The van der Waals surface area contributed by atoms with Gasteiger partial charge in [-0.15, -0.1) is 0 Å². The maximum absolute atomic E-state index is 13.6. The second-order valence-corrected chi connectivity index (χ2v) is 8.65. The van der Waals surface area contributed by atoms with Crippen molar-refractivity contribution >= 4 is 11.6 Å². The Balaban J connectivity index is 1.51. The SMILES string of the molecule is CN(C)c1cccc(C(=O)N2CC(c3cccnc3)C3C2C2CCN3CC2)c1. The number of carbonyl (C=O) groups excluding carboxylic acids is 1. The van der Waals surface area contributed by atoms with Gasteiger partial charge >= 0.3 is 0 Å². The molecular formula is C23H28N4O. The molecule has 0 radical (unpaired) electrons. The van der Waals surface area contributed by atoms with Gasteiger partial charge in [-0.25, -0.2) is 0 Å². The van der Waals surface area contributed by atoms with Crippen LogP contribution in [0.25, 0.3) is 0 Å². The van der Waals surface area contributed by atoms with Crippen LogP contribution in [0.3, 0.4) is 0 Å². The number of nitrogens with zero attached hydrogens (tertiary/aromatic N) is 4. The number of benzene rings is 1. The number of fused-ring (bicyclic) bond motifs is 2. The van der Waals surface area contributed by atoms with E-state index in [1.165, 1.54) is 31.5 Å². The maximum atomic E-state index is 13.6. The monoisotopic (exact) mass is 376 g/mol. The number of rotatable bonds is 3. The predicted molar refractivity (Wildman–Crippen MR) is 111 cm³/mol. The molecule has 3 unspecified atom stereocenters. The van der Waals surface area contributed by atoms with Gasteiger partial charge < -0.3 is 9.80 Å². The highest BCUT2D eigenvalue weighted by molar-refractivity contribution is 5.95. The Morgan fingerprint density at radius 3 is 2.64 bits per heavy atom. The molecule has 5 heteroatoms. The number of anilines is 1. The third kappa shape index (κ3) is 2.80. The van der Waals surface area contributed by atoms with Gasteiger partial charge in [0.25, 0.3) is 5.91 Å². The molecule has 2 bridgehead atoms. The minimum Gasteiger partial charge on any atom is -0.378 e. The number of pyridine rings is 1. The fourth-order valence-corrected chi connectivity index (χ4v) is 5.63. The van der Waals surface area contributed by atoms with Crippen LogP contribution in [0, 0.1) is 5.92 Å². The molecule has 1 aromatic carbocycles. The average molecular weight is 377 g/mol. The van der Waals surface area contributed by atoms with Crippen LogP contribution in [0.5, 0.6) is 0 Å². The summed E-state index contributed by atoms with van der Waals surface area (Å²) in [7, 11) is 4.03. The number of hydrogen-bond acceptors (Lipinski definition) is 4. The standard InChI is InChI=1S/C23H28N4O/c1-25(2)19-7-3-5-17(13-19)23(28)27-15-20(18-6-4-10-24-14-18)22-21(27)16-8-11-26(22)12-9-16/h3-7,10,13-14,16,20-22H,8-9,11-12,15H2,1-2H3. The number of likely N-dealkylation sites (tertiary alicyclic amines) is 1. The van der Waals surface area contributed by atoms with Crippen LogP contribution < -0.4 is 4.90 Å². The van der Waals surface area contributed by atoms with Gasteiger partial charge in [0, 0.05) is 56.2 Å². The Morgan fingerprint density at radius 2 is 1.93 bits per heavy atom. The highest BCUT2D eigenvalue weighted by Crippen LogP contribution is 2.46. The van der Waals surface area contributed by atoms with Gasteiger partial charge in [-0.3, -0.25) is 14.7 Å². The molecule has 4 aliphatic rings. The van der Waals surface area contributed by atoms with Crippen molar-refractivity contribution in [2.45, 2.75) is 30.8 Å². The number of aromatic nitrogens is 1. The molecule has 4 aliphatic heterocycles. The lowest BCUT2D eigenvalue weighted by Gasteiger charge is -2.51. The van der Waals surface area contributed by atoms with Crippen LogP contribution in [0.15, 0.2) is 48.8 Å². The Hall–Kier alpha value is -2.40. The van der Waals surface area contributed by atoms with Crippen LogP contribution in [0.1, 0.15) is 34.7 Å². The molecule has 0 spiro atoms. The van der Waals surface area contributed by atoms with E-state index in [1.807, 2.05) is 50.8 Å². The average Bonchev–Trinajstić information content (AvgIpc) is 3.18. The van der Waals surface area contributed by atoms with Crippen LogP contribution in [-0.2, 0) is 0 Å². The molecule has 5 heterocycles. The first kappa shape index (κ1) is 17.7. The predicted octanol–water partition coefficient (Wildman–Crippen LogP) is 2.85. The molecule has 28 heavy (non-hydrogen) atoms. The van der Waals surface area contributed by atoms with E-state index in [0.29, 0.717) is 23.9 Å². The quantitative estimate of drug-likeness (QED) is 0.826. The zero-order valence-corrected chi connectivity index (χ0v) is 16.7. The van der Waals surface area contributed by atoms with Crippen LogP contribution in [0.4, 0.5) is 5.69 Å². The molecule has 5 nitrogen and oxygen atoms in total. The normalized spacial score (nSPS) is 30.9. The summed E-state index contributed by atoms with van der Waals surface area (Å²) >= 11 is 0. The molecule has 2 aromatic rings. The van der Waals surface area contributed by atoms with Gasteiger partial charge in [0.2, 0.25) is 0 Å². The highest BCUT2D eigenvalue weighted by Gasteiger charge is 2.54. The lowest BCUT2D eigenvalue weighted by molar-refractivity contribution is -0.00342. The minimum absolute atomic E-state index is 0.179. The molecule has 4 saturated heterocycles. The summed E-state index contributed by atoms with van der Waals surface area (Å²) in [6, 6.07) is 13.0. The highest BCUT2D eigenvalue weighted by atomic mass is 16.2. The number of hydrogen-bond donors (Lipinski definition) is 0. The summed E-state index contributed by atoms with van der Waals surface area (Å²) in [5, 5.41) is 0. The van der Waals surface area contributed by atoms with Crippen LogP contribution in [0.2, 0.25) is 0 Å². The zero-order chi connectivity index (χ0) is 19.3. The van der Waals surface area contributed by atoms with Crippen molar-refractivity contribution in [2.75, 3.05) is 38.6 Å². The Labute approximate surface area is 167 Å². The van der Waals surface area contributed by atoms with E-state index in [4.69, 9.17) is 0 Å². The van der Waals surface area contributed by atoms with Crippen molar-refractivity contribution < 1.29 is 4.79 Å². The summed E-state index contributed by atoms with van der Waals surface area (Å²) in [6.45, 7) is 3.13. The van der Waals surface area contributed by atoms with Gasteiger partial charge in [0.1, 0.15) is 0 Å². The van der Waals surface area contributed by atoms with Gasteiger partial charge in [-0.2, -0.15) is 0 Å². The second-order valence-electron chi connectivity index (χ2n) is 8.65. The molecular weight excluding hydrogens is 348 g/mol. The fourth-order valence-electron chi connectivity index (χ4n) is 5.63. The summed E-state index contributed by atoms with van der Waals surface area (Å²) in [6.07, 6.45) is 6.25. The van der Waals surface area contributed by atoms with Crippen molar-refractivity contribution in [1.82, 2.24) is 14.8 Å². The molecule has 1 aromatic heterocycles. The van der Waals surface area contributed by atoms with Gasteiger partial charge in [-0.05, 0) is 61.7 Å². The molecule has 6 rings (SSSR count). The fraction of sp³-hybridized carbons (Fsp3) is 0.478. The van der Waals surface area contributed by atoms with Crippen molar-refractivity contribution in [2.24, 2.45) is 5.92 Å². The van der Waals surface area contributed by atoms with E-state index in [9.17, 15) is 4.79 Å². The Morgan fingerprint density at radius 1 is 1.11 bits per heavy atom. The van der Waals surface area contributed by atoms with Crippen LogP contribution in [-0.4, -0.2) is 66.5 Å². The molecule has 146 valence electrons. The van der Waals surface area contributed by atoms with E-state index < -0.39 is 0 Å². The third-order valence-corrected chi connectivity index (χ3v) is 6.98. The topological polar surface area (TPSA) is 39.7 Å². The van der Waals surface area contributed by atoms with Crippen molar-refractivity contribution in [1.29, 1.82) is 0 Å². The number of carbonyl (C=O) groups is 1. The maximum Gasteiger partial charge on any atom is 0.254 e. The summed E-state index contributed by atoms with van der Waals surface area (Å²) < 4.78 is 0. The van der Waals surface area contributed by atoms with Crippen molar-refractivity contribution in [3.8, 4) is 0 Å². The van der Waals surface area contributed by atoms with Crippen molar-refractivity contribution in [3.63, 3.8) is 0 Å². The van der Waals surface area contributed by atoms with E-state index >= 15 is 0 Å². The molecule has 0 aliphatic carbocycles. The number of amides is 1. The molecule has 4 fully saturated rings. The third-order valence-electron chi connectivity index (χ3n) is 6.98. The molecule has 3 atom stereocenters. The molecule has 0 saturated carbocycles. The van der Waals surface area contributed by atoms with E-state index in [-0.39, 0.29) is 5.91 Å². The van der Waals surface area contributed by atoms with Gasteiger partial charge in [0.05, 0.1) is 6.04 Å². The molecule has 0 N–H and O–H groups in total. The van der Waals surface area contributed by atoms with E-state index in [1.54, 1.807) is 0 Å².